The molecular formula is C32H56O6Si. The molecule has 224 valence electrons. The predicted octanol–water partition coefficient (Wildman–Crippen LogP) is 8.10. The molecule has 6 nitrogen and oxygen atoms in total. The first-order valence-electron chi connectivity index (χ1n) is 15.4. The zero-order chi connectivity index (χ0) is 28.6. The van der Waals surface area contributed by atoms with Gasteiger partial charge in [0, 0.05) is 24.7 Å². The van der Waals surface area contributed by atoms with Crippen LogP contribution in [0.2, 0.25) is 18.1 Å². The third-order valence-corrected chi connectivity index (χ3v) is 12.6. The first-order chi connectivity index (χ1) is 18.6. The Balaban J connectivity index is 1.55. The second kappa shape index (κ2) is 18.2. The quantitative estimate of drug-likeness (QED) is 0.104. The molecule has 0 bridgehead atoms. The molecule has 7 heteroatoms. The van der Waals surface area contributed by atoms with Gasteiger partial charge in [-0.05, 0) is 43.8 Å². The minimum atomic E-state index is -1.78. The zero-order valence-electron chi connectivity index (χ0n) is 25.4. The molecule has 1 aromatic rings. The molecule has 2 rings (SSSR count). The number of benzene rings is 1. The number of unbranched alkanes of at least 4 members (excludes halogenated alkanes) is 8. The van der Waals surface area contributed by atoms with Crippen molar-refractivity contribution in [1.29, 1.82) is 0 Å². The van der Waals surface area contributed by atoms with Crippen LogP contribution in [0.5, 0.6) is 0 Å². The molecule has 0 aliphatic carbocycles. The van der Waals surface area contributed by atoms with Crippen molar-refractivity contribution in [3.8, 4) is 0 Å². The fourth-order valence-corrected chi connectivity index (χ4v) is 6.07. The predicted molar refractivity (Wildman–Crippen MR) is 160 cm³/mol. The van der Waals surface area contributed by atoms with E-state index in [0.717, 1.165) is 50.5 Å². The standard InChI is InChI=1S/C32H56O6Si/c1-32(2,3)39(4,5)38-28(22-16-10-11-18-24-33)21-15-8-6-7-9-17-23-30(34)37-29-25-35-31(36-26-29)27-19-13-12-14-20-27/h12-14,19-20,28-29,31,33H,6-11,15-18,21-26H2,1-5H3. The summed E-state index contributed by atoms with van der Waals surface area (Å²) in [5.41, 5.74) is 0.982. The molecule has 0 radical (unpaired) electrons. The van der Waals surface area contributed by atoms with E-state index in [9.17, 15) is 4.79 Å². The summed E-state index contributed by atoms with van der Waals surface area (Å²) >= 11 is 0. The fourth-order valence-electron chi connectivity index (χ4n) is 4.64. The third-order valence-electron chi connectivity index (χ3n) is 8.10. The molecule has 39 heavy (non-hydrogen) atoms. The van der Waals surface area contributed by atoms with Gasteiger partial charge in [0.05, 0.1) is 13.2 Å². The smallest absolute Gasteiger partial charge is 0.306 e. The Hall–Kier alpha value is -1.25. The maximum Gasteiger partial charge on any atom is 0.306 e. The average Bonchev–Trinajstić information content (AvgIpc) is 2.90. The van der Waals surface area contributed by atoms with E-state index in [-0.39, 0.29) is 23.4 Å². The molecule has 1 heterocycles. The van der Waals surface area contributed by atoms with Gasteiger partial charge < -0.3 is 23.7 Å². The Morgan fingerprint density at radius 1 is 0.897 bits per heavy atom. The molecule has 1 unspecified atom stereocenters. The number of aliphatic hydroxyl groups is 1. The summed E-state index contributed by atoms with van der Waals surface area (Å²) in [6.07, 6.45) is 13.4. The van der Waals surface area contributed by atoms with Crippen molar-refractivity contribution >= 4 is 14.3 Å². The van der Waals surface area contributed by atoms with E-state index in [4.69, 9.17) is 23.7 Å². The van der Waals surface area contributed by atoms with Gasteiger partial charge in [0.15, 0.2) is 14.6 Å². The van der Waals surface area contributed by atoms with Crippen LogP contribution in [0.4, 0.5) is 0 Å². The molecule has 1 aliphatic rings. The summed E-state index contributed by atoms with van der Waals surface area (Å²) in [6.45, 7) is 12.7. The molecular weight excluding hydrogens is 508 g/mol. The minimum absolute atomic E-state index is 0.157. The van der Waals surface area contributed by atoms with Gasteiger partial charge in [0.25, 0.3) is 0 Å². The number of aliphatic hydroxyl groups excluding tert-OH is 1. The lowest BCUT2D eigenvalue weighted by molar-refractivity contribution is -0.229. The summed E-state index contributed by atoms with van der Waals surface area (Å²) in [5.74, 6) is -0.157. The van der Waals surface area contributed by atoms with Crippen LogP contribution < -0.4 is 0 Å². The molecule has 1 N–H and O–H groups in total. The van der Waals surface area contributed by atoms with E-state index in [1.54, 1.807) is 0 Å². The first-order valence-corrected chi connectivity index (χ1v) is 18.3. The van der Waals surface area contributed by atoms with Crippen LogP contribution in [0, 0.1) is 0 Å². The molecule has 1 aromatic carbocycles. The van der Waals surface area contributed by atoms with Gasteiger partial charge >= 0.3 is 5.97 Å². The maximum absolute atomic E-state index is 12.2. The minimum Gasteiger partial charge on any atom is -0.457 e. The van der Waals surface area contributed by atoms with E-state index in [0.29, 0.717) is 32.3 Å². The summed E-state index contributed by atoms with van der Waals surface area (Å²) in [6, 6.07) is 9.82. The van der Waals surface area contributed by atoms with E-state index in [1.807, 2.05) is 30.3 Å². The van der Waals surface area contributed by atoms with Gasteiger partial charge in [-0.1, -0.05) is 102 Å². The Labute approximate surface area is 239 Å². The van der Waals surface area contributed by atoms with Crippen molar-refractivity contribution in [3.05, 3.63) is 35.9 Å². The number of carbonyl (C=O) groups excluding carboxylic acids is 1. The van der Waals surface area contributed by atoms with Gasteiger partial charge in [-0.15, -0.1) is 0 Å². The van der Waals surface area contributed by atoms with E-state index < -0.39 is 8.32 Å². The fraction of sp³-hybridized carbons (Fsp3) is 0.781. The van der Waals surface area contributed by atoms with E-state index >= 15 is 0 Å². The number of hydrogen-bond donors (Lipinski definition) is 1. The molecule has 1 fully saturated rings. The number of rotatable bonds is 19. The van der Waals surface area contributed by atoms with Crippen molar-refractivity contribution in [2.24, 2.45) is 0 Å². The van der Waals surface area contributed by atoms with Crippen molar-refractivity contribution < 1.29 is 28.5 Å². The Kier molecular flexibility index (Phi) is 15.9. The zero-order valence-corrected chi connectivity index (χ0v) is 26.4. The van der Waals surface area contributed by atoms with E-state index in [2.05, 4.69) is 33.9 Å². The molecule has 0 aromatic heterocycles. The first kappa shape index (κ1) is 34.0. The van der Waals surface area contributed by atoms with Crippen LogP contribution in [0.25, 0.3) is 0 Å². The lowest BCUT2D eigenvalue weighted by Gasteiger charge is -2.39. The van der Waals surface area contributed by atoms with Gasteiger partial charge in [0.1, 0.15) is 6.10 Å². The monoisotopic (exact) mass is 564 g/mol. The number of ether oxygens (including phenoxy) is 3. The van der Waals surface area contributed by atoms with Gasteiger partial charge in [-0.25, -0.2) is 0 Å². The third kappa shape index (κ3) is 13.8. The van der Waals surface area contributed by atoms with Gasteiger partial charge in [-0.2, -0.15) is 0 Å². The van der Waals surface area contributed by atoms with Crippen LogP contribution in [0.1, 0.15) is 116 Å². The van der Waals surface area contributed by atoms with Crippen LogP contribution in [0.3, 0.4) is 0 Å². The molecule has 0 amide bonds. The second-order valence-electron chi connectivity index (χ2n) is 12.6. The van der Waals surface area contributed by atoms with Crippen molar-refractivity contribution in [2.45, 2.75) is 141 Å². The van der Waals surface area contributed by atoms with Crippen LogP contribution in [0.15, 0.2) is 30.3 Å². The molecule has 0 spiro atoms. The number of carbonyl (C=O) groups is 1. The lowest BCUT2D eigenvalue weighted by atomic mass is 10.0. The highest BCUT2D eigenvalue weighted by molar-refractivity contribution is 6.74. The molecule has 1 aliphatic heterocycles. The highest BCUT2D eigenvalue weighted by Crippen LogP contribution is 2.38. The summed E-state index contributed by atoms with van der Waals surface area (Å²) in [5, 5.41) is 9.25. The van der Waals surface area contributed by atoms with Crippen LogP contribution >= 0.6 is 0 Å². The molecule has 1 saturated heterocycles. The number of esters is 1. The Morgan fingerprint density at radius 3 is 2.00 bits per heavy atom. The Bertz CT molecular complexity index is 771. The number of hydrogen-bond acceptors (Lipinski definition) is 6. The van der Waals surface area contributed by atoms with Crippen molar-refractivity contribution in [2.75, 3.05) is 19.8 Å². The molecule has 1 atom stereocenters. The van der Waals surface area contributed by atoms with Gasteiger partial charge in [0.2, 0.25) is 0 Å². The van der Waals surface area contributed by atoms with Crippen molar-refractivity contribution in [3.63, 3.8) is 0 Å². The van der Waals surface area contributed by atoms with Crippen LogP contribution in [-0.2, 0) is 23.4 Å². The van der Waals surface area contributed by atoms with E-state index in [1.165, 1.54) is 32.1 Å². The van der Waals surface area contributed by atoms with Crippen molar-refractivity contribution in [1.82, 2.24) is 0 Å². The SMILES string of the molecule is CC(C)(C)[Si](C)(C)OC(CCCCCCO)CCCCCCCCC(=O)OC1COC(c2ccccc2)OC1. The normalized spacial score (nSPS) is 19.1. The summed E-state index contributed by atoms with van der Waals surface area (Å²) in [7, 11) is -1.78. The topological polar surface area (TPSA) is 74.2 Å². The summed E-state index contributed by atoms with van der Waals surface area (Å²) < 4.78 is 23.8. The molecule has 0 saturated carbocycles. The Morgan fingerprint density at radius 2 is 1.44 bits per heavy atom. The lowest BCUT2D eigenvalue weighted by Crippen LogP contribution is -2.44. The second-order valence-corrected chi connectivity index (χ2v) is 17.4. The largest absolute Gasteiger partial charge is 0.457 e. The van der Waals surface area contributed by atoms with Gasteiger partial charge in [-0.3, -0.25) is 4.79 Å². The highest BCUT2D eigenvalue weighted by Gasteiger charge is 2.38. The maximum atomic E-state index is 12.2. The van der Waals surface area contributed by atoms with Crippen LogP contribution in [-0.4, -0.2) is 51.4 Å². The highest BCUT2D eigenvalue weighted by atomic mass is 28.4. The summed E-state index contributed by atoms with van der Waals surface area (Å²) in [4.78, 5) is 12.2. The average molecular weight is 565 g/mol.